The Morgan fingerprint density at radius 3 is 2.50 bits per heavy atom. The highest BCUT2D eigenvalue weighted by atomic mass is 19.3. The zero-order valence-corrected chi connectivity index (χ0v) is 6.78. The summed E-state index contributed by atoms with van der Waals surface area (Å²) in [6.07, 6.45) is -3.01. The Morgan fingerprint density at radius 2 is 2.07 bits per heavy atom. The normalized spacial score (nSPS) is 10.5. The van der Waals surface area contributed by atoms with Gasteiger partial charge in [0.05, 0.1) is 4.92 Å². The first kappa shape index (κ1) is 10.1. The van der Waals surface area contributed by atoms with Crippen molar-refractivity contribution in [1.82, 2.24) is 4.98 Å². The smallest absolute Gasteiger partial charge is 0.320 e. The monoisotopic (exact) mass is 204 g/mol. The van der Waals surface area contributed by atoms with Crippen molar-refractivity contribution in [1.29, 1.82) is 0 Å². The fourth-order valence-corrected chi connectivity index (χ4v) is 0.965. The Hall–Kier alpha value is -1.99. The van der Waals surface area contributed by atoms with Gasteiger partial charge in [0.15, 0.2) is 0 Å². The molecule has 0 saturated heterocycles. The molecule has 0 spiro atoms. The Kier molecular flexibility index (Phi) is 2.45. The lowest BCUT2D eigenvalue weighted by molar-refractivity contribution is -0.385. The summed E-state index contributed by atoms with van der Waals surface area (Å²) in [4.78, 5) is 12.7. The number of aromatic nitrogens is 1. The molecule has 0 aliphatic rings. The van der Waals surface area contributed by atoms with E-state index < -0.39 is 28.4 Å². The SMILES string of the molecule is Nc1cc(C(F)F)c([N+](=O)[O-])c(N)n1. The van der Waals surface area contributed by atoms with Crippen LogP contribution in [0.4, 0.5) is 26.1 Å². The van der Waals surface area contributed by atoms with Crippen LogP contribution in [0, 0.1) is 10.1 Å². The number of nitro groups is 1. The van der Waals surface area contributed by atoms with Crippen molar-refractivity contribution in [2.24, 2.45) is 0 Å². The van der Waals surface area contributed by atoms with E-state index in [2.05, 4.69) is 4.98 Å². The van der Waals surface area contributed by atoms with E-state index in [0.29, 0.717) is 0 Å². The molecule has 4 N–H and O–H groups in total. The maximum absolute atomic E-state index is 12.3. The predicted molar refractivity (Wildman–Crippen MR) is 44.7 cm³/mol. The van der Waals surface area contributed by atoms with Gasteiger partial charge in [0.2, 0.25) is 5.82 Å². The Balaban J connectivity index is 3.44. The number of hydrogen-bond acceptors (Lipinski definition) is 5. The summed E-state index contributed by atoms with van der Waals surface area (Å²) < 4.78 is 24.6. The van der Waals surface area contributed by atoms with Crippen molar-refractivity contribution in [3.63, 3.8) is 0 Å². The van der Waals surface area contributed by atoms with Gasteiger partial charge in [-0.25, -0.2) is 13.8 Å². The van der Waals surface area contributed by atoms with E-state index in [9.17, 15) is 18.9 Å². The highest BCUT2D eigenvalue weighted by molar-refractivity contribution is 5.62. The zero-order chi connectivity index (χ0) is 10.9. The molecule has 0 unspecified atom stereocenters. The highest BCUT2D eigenvalue weighted by Gasteiger charge is 2.26. The molecule has 76 valence electrons. The molecule has 6 nitrogen and oxygen atoms in total. The lowest BCUT2D eigenvalue weighted by Gasteiger charge is -2.04. The molecule has 0 saturated carbocycles. The standard InChI is InChI=1S/C6H6F2N4O2/c7-5(8)2-1-3(9)11-6(10)4(2)12(13)14/h1,5H,(H4,9,10,11). The summed E-state index contributed by atoms with van der Waals surface area (Å²) in [6.45, 7) is 0. The lowest BCUT2D eigenvalue weighted by atomic mass is 10.2. The maximum atomic E-state index is 12.3. The number of nitrogens with two attached hydrogens (primary N) is 2. The largest absolute Gasteiger partial charge is 0.384 e. The summed E-state index contributed by atoms with van der Waals surface area (Å²) in [5.41, 5.74) is 8.50. The number of pyridine rings is 1. The summed E-state index contributed by atoms with van der Waals surface area (Å²) in [6, 6.07) is 0.735. The van der Waals surface area contributed by atoms with Crippen molar-refractivity contribution in [2.45, 2.75) is 6.43 Å². The first-order chi connectivity index (χ1) is 6.43. The molecule has 1 heterocycles. The quantitative estimate of drug-likeness (QED) is 0.553. The van der Waals surface area contributed by atoms with E-state index in [1.807, 2.05) is 0 Å². The average Bonchev–Trinajstić information content (AvgIpc) is 2.01. The lowest BCUT2D eigenvalue weighted by Crippen LogP contribution is -2.05. The number of hydrogen-bond donors (Lipinski definition) is 2. The summed E-state index contributed by atoms with van der Waals surface area (Å²) in [7, 11) is 0. The Labute approximate surface area is 76.7 Å². The van der Waals surface area contributed by atoms with Crippen molar-refractivity contribution < 1.29 is 13.7 Å². The highest BCUT2D eigenvalue weighted by Crippen LogP contribution is 2.33. The van der Waals surface area contributed by atoms with Crippen molar-refractivity contribution in [3.05, 3.63) is 21.7 Å². The zero-order valence-electron chi connectivity index (χ0n) is 6.78. The molecule has 0 aliphatic heterocycles. The van der Waals surface area contributed by atoms with Gasteiger partial charge in [-0.3, -0.25) is 10.1 Å². The number of rotatable bonds is 2. The van der Waals surface area contributed by atoms with Gasteiger partial charge >= 0.3 is 5.69 Å². The van der Waals surface area contributed by atoms with Crippen LogP contribution in [0.2, 0.25) is 0 Å². The van der Waals surface area contributed by atoms with Crippen LogP contribution in [-0.2, 0) is 0 Å². The van der Waals surface area contributed by atoms with Gasteiger partial charge in [-0.1, -0.05) is 0 Å². The van der Waals surface area contributed by atoms with Crippen LogP contribution in [0.15, 0.2) is 6.07 Å². The second-order valence-corrected chi connectivity index (χ2v) is 2.43. The van der Waals surface area contributed by atoms with Crippen molar-refractivity contribution in [3.8, 4) is 0 Å². The van der Waals surface area contributed by atoms with E-state index in [0.717, 1.165) is 6.07 Å². The van der Waals surface area contributed by atoms with Crippen LogP contribution >= 0.6 is 0 Å². The summed E-state index contributed by atoms with van der Waals surface area (Å²) in [5, 5.41) is 10.4. The molecular weight excluding hydrogens is 198 g/mol. The molecule has 0 atom stereocenters. The second kappa shape index (κ2) is 3.40. The molecule has 0 amide bonds. The average molecular weight is 204 g/mol. The maximum Gasteiger partial charge on any atom is 0.320 e. The van der Waals surface area contributed by atoms with E-state index >= 15 is 0 Å². The van der Waals surface area contributed by atoms with Crippen LogP contribution in [0.5, 0.6) is 0 Å². The molecular formula is C6H6F2N4O2. The molecule has 8 heteroatoms. The van der Waals surface area contributed by atoms with Gasteiger partial charge in [-0.2, -0.15) is 0 Å². The van der Waals surface area contributed by atoms with Gasteiger partial charge < -0.3 is 11.5 Å². The van der Waals surface area contributed by atoms with Gasteiger partial charge in [0.25, 0.3) is 6.43 Å². The summed E-state index contributed by atoms with van der Waals surface area (Å²) >= 11 is 0. The van der Waals surface area contributed by atoms with Crippen LogP contribution in [0.3, 0.4) is 0 Å². The number of nitrogen functional groups attached to an aromatic ring is 2. The molecule has 14 heavy (non-hydrogen) atoms. The van der Waals surface area contributed by atoms with Crippen molar-refractivity contribution in [2.75, 3.05) is 11.5 Å². The van der Waals surface area contributed by atoms with Crippen LogP contribution in [0.1, 0.15) is 12.0 Å². The van der Waals surface area contributed by atoms with Gasteiger partial charge in [-0.15, -0.1) is 0 Å². The van der Waals surface area contributed by atoms with E-state index in [-0.39, 0.29) is 5.82 Å². The van der Waals surface area contributed by atoms with Gasteiger partial charge in [0.1, 0.15) is 11.4 Å². The van der Waals surface area contributed by atoms with Crippen molar-refractivity contribution >= 4 is 17.3 Å². The third-order valence-corrected chi connectivity index (χ3v) is 1.49. The first-order valence-corrected chi connectivity index (χ1v) is 3.42. The minimum absolute atomic E-state index is 0.275. The molecule has 1 rings (SSSR count). The fourth-order valence-electron chi connectivity index (χ4n) is 0.965. The van der Waals surface area contributed by atoms with Crippen LogP contribution in [0.25, 0.3) is 0 Å². The minimum atomic E-state index is -3.01. The number of nitrogens with zero attached hydrogens (tertiary/aromatic N) is 2. The minimum Gasteiger partial charge on any atom is -0.384 e. The first-order valence-electron chi connectivity index (χ1n) is 3.42. The van der Waals surface area contributed by atoms with Gasteiger partial charge in [-0.05, 0) is 6.07 Å². The van der Waals surface area contributed by atoms with E-state index in [1.54, 1.807) is 0 Å². The molecule has 1 aromatic rings. The third kappa shape index (κ3) is 1.68. The molecule has 1 aromatic heterocycles. The predicted octanol–water partition coefficient (Wildman–Crippen LogP) is 1.09. The Bertz CT molecular complexity index is 382. The van der Waals surface area contributed by atoms with Gasteiger partial charge in [0, 0.05) is 0 Å². The van der Waals surface area contributed by atoms with Crippen LogP contribution in [-0.4, -0.2) is 9.91 Å². The number of alkyl halides is 2. The topological polar surface area (TPSA) is 108 Å². The Morgan fingerprint density at radius 1 is 1.50 bits per heavy atom. The second-order valence-electron chi connectivity index (χ2n) is 2.43. The molecule has 0 aromatic carbocycles. The fraction of sp³-hybridized carbons (Fsp3) is 0.167. The van der Waals surface area contributed by atoms with Crippen LogP contribution < -0.4 is 11.5 Å². The third-order valence-electron chi connectivity index (χ3n) is 1.49. The number of anilines is 2. The van der Waals surface area contributed by atoms with E-state index in [4.69, 9.17) is 11.5 Å². The van der Waals surface area contributed by atoms with E-state index in [1.165, 1.54) is 0 Å². The number of halogens is 2. The molecule has 0 bridgehead atoms. The molecule has 0 radical (unpaired) electrons. The summed E-state index contributed by atoms with van der Waals surface area (Å²) in [5.74, 6) is -0.881. The molecule has 0 fully saturated rings. The molecule has 0 aliphatic carbocycles.